The van der Waals surface area contributed by atoms with E-state index in [9.17, 15) is 24.9 Å². The maximum atomic E-state index is 11.6. The molecule has 0 heterocycles. The van der Waals surface area contributed by atoms with Gasteiger partial charge in [0.15, 0.2) is 6.29 Å². The van der Waals surface area contributed by atoms with Crippen molar-refractivity contribution in [3.05, 3.63) is 64.2 Å². The summed E-state index contributed by atoms with van der Waals surface area (Å²) in [4.78, 5) is 22.6. The molecule has 144 valence electrons. The number of amides is 1. The molecule has 7 nitrogen and oxygen atoms in total. The highest BCUT2D eigenvalue weighted by Gasteiger charge is 2.23. The van der Waals surface area contributed by atoms with E-state index >= 15 is 0 Å². The van der Waals surface area contributed by atoms with Gasteiger partial charge >= 0.3 is 6.09 Å². The minimum Gasteiger partial charge on any atom is -0.507 e. The van der Waals surface area contributed by atoms with Crippen molar-refractivity contribution in [2.75, 3.05) is 6.54 Å². The van der Waals surface area contributed by atoms with Crippen LogP contribution >= 0.6 is 11.6 Å². The summed E-state index contributed by atoms with van der Waals surface area (Å²) in [5, 5.41) is 32.9. The number of hydrogen-bond acceptors (Lipinski definition) is 6. The molecule has 4 N–H and O–H groups in total. The summed E-state index contributed by atoms with van der Waals surface area (Å²) in [6, 6.07) is 11.7. The molecule has 8 heteroatoms. The predicted molar refractivity (Wildman–Crippen MR) is 98.7 cm³/mol. The molecule has 2 aromatic carbocycles. The number of aliphatic hydroxyl groups is 2. The maximum Gasteiger partial charge on any atom is 0.407 e. The van der Waals surface area contributed by atoms with Crippen molar-refractivity contribution in [1.82, 2.24) is 5.32 Å². The van der Waals surface area contributed by atoms with Gasteiger partial charge in [-0.15, -0.1) is 0 Å². The van der Waals surface area contributed by atoms with Gasteiger partial charge in [0.05, 0.1) is 11.7 Å². The molecule has 0 saturated carbocycles. The molecule has 1 amide bonds. The zero-order valence-corrected chi connectivity index (χ0v) is 15.1. The zero-order valence-electron chi connectivity index (χ0n) is 14.3. The molecule has 0 aliphatic carbocycles. The monoisotopic (exact) mass is 393 g/mol. The number of aliphatic hydroxyl groups excluding tert-OH is 2. The number of rotatable bonds is 8. The Labute approximate surface area is 161 Å². The van der Waals surface area contributed by atoms with Crippen LogP contribution in [0.25, 0.3) is 0 Å². The summed E-state index contributed by atoms with van der Waals surface area (Å²) in [6.07, 6.45) is -3.06. The Morgan fingerprint density at radius 1 is 1.22 bits per heavy atom. The van der Waals surface area contributed by atoms with Gasteiger partial charge in [-0.2, -0.15) is 0 Å². The van der Waals surface area contributed by atoms with E-state index in [0.29, 0.717) is 6.29 Å². The van der Waals surface area contributed by atoms with E-state index in [1.54, 1.807) is 0 Å². The molecular weight excluding hydrogens is 374 g/mol. The Morgan fingerprint density at radius 3 is 2.59 bits per heavy atom. The van der Waals surface area contributed by atoms with E-state index in [-0.39, 0.29) is 35.7 Å². The lowest BCUT2D eigenvalue weighted by atomic mass is 9.99. The summed E-state index contributed by atoms with van der Waals surface area (Å²) in [7, 11) is 0. The lowest BCUT2D eigenvalue weighted by Gasteiger charge is -2.20. The van der Waals surface area contributed by atoms with Crippen LogP contribution in [0.5, 0.6) is 5.75 Å². The van der Waals surface area contributed by atoms with Gasteiger partial charge in [-0.05, 0) is 24.1 Å². The average Bonchev–Trinajstić information content (AvgIpc) is 2.68. The van der Waals surface area contributed by atoms with Gasteiger partial charge in [0.1, 0.15) is 18.5 Å². The van der Waals surface area contributed by atoms with E-state index in [1.165, 1.54) is 12.1 Å². The molecule has 27 heavy (non-hydrogen) atoms. The Hall–Kier alpha value is -2.61. The Bertz CT molecular complexity index is 783. The van der Waals surface area contributed by atoms with Crippen molar-refractivity contribution >= 4 is 24.0 Å². The molecule has 2 atom stereocenters. The number of hydrogen-bond donors (Lipinski definition) is 4. The van der Waals surface area contributed by atoms with Crippen LogP contribution in [-0.4, -0.2) is 40.3 Å². The standard InChI is InChI=1S/C19H20ClNO6/c20-14-8-13(10-22)17(24)15(9-14)18(25)16(23)6-7-21-19(26)27-11-12-4-2-1-3-5-12/h1-5,8-10,16,18,23-25H,6-7,11H2,(H,21,26). The fourth-order valence-corrected chi connectivity index (χ4v) is 2.65. The molecule has 0 aliphatic rings. The number of carbonyl (C=O) groups excluding carboxylic acids is 2. The van der Waals surface area contributed by atoms with E-state index in [2.05, 4.69) is 5.32 Å². The SMILES string of the molecule is O=Cc1cc(Cl)cc(C(O)C(O)CCNC(=O)OCc2ccccc2)c1O. The van der Waals surface area contributed by atoms with Crippen molar-refractivity contribution in [2.24, 2.45) is 0 Å². The average molecular weight is 394 g/mol. The first-order valence-electron chi connectivity index (χ1n) is 8.20. The van der Waals surface area contributed by atoms with Crippen molar-refractivity contribution in [2.45, 2.75) is 25.2 Å². The molecular formula is C19H20ClNO6. The second-order valence-electron chi connectivity index (χ2n) is 5.84. The summed E-state index contributed by atoms with van der Waals surface area (Å²) < 4.78 is 5.03. The van der Waals surface area contributed by atoms with Gasteiger partial charge in [-0.1, -0.05) is 41.9 Å². The van der Waals surface area contributed by atoms with Crippen molar-refractivity contribution in [3.63, 3.8) is 0 Å². The fraction of sp³-hybridized carbons (Fsp3) is 0.263. The zero-order chi connectivity index (χ0) is 19.8. The number of nitrogens with one attached hydrogen (secondary N) is 1. The molecule has 0 bridgehead atoms. The van der Waals surface area contributed by atoms with Gasteiger partial charge < -0.3 is 25.4 Å². The van der Waals surface area contributed by atoms with Crippen LogP contribution in [0, 0.1) is 0 Å². The highest BCUT2D eigenvalue weighted by atomic mass is 35.5. The quantitative estimate of drug-likeness (QED) is 0.512. The first-order chi connectivity index (χ1) is 12.9. The molecule has 0 aliphatic heterocycles. The van der Waals surface area contributed by atoms with Crippen LogP contribution in [-0.2, 0) is 11.3 Å². The van der Waals surface area contributed by atoms with Crippen molar-refractivity contribution in [1.29, 1.82) is 0 Å². The minimum atomic E-state index is -1.48. The largest absolute Gasteiger partial charge is 0.507 e. The molecule has 0 fully saturated rings. The Kier molecular flexibility index (Phi) is 7.60. The smallest absolute Gasteiger partial charge is 0.407 e. The second kappa shape index (κ2) is 9.91. The van der Waals surface area contributed by atoms with Crippen LogP contribution in [0.3, 0.4) is 0 Å². The number of aromatic hydroxyl groups is 1. The van der Waals surface area contributed by atoms with E-state index in [0.717, 1.165) is 5.56 Å². The summed E-state index contributed by atoms with van der Waals surface area (Å²) in [5.74, 6) is -0.448. The lowest BCUT2D eigenvalue weighted by molar-refractivity contribution is 0.0123. The van der Waals surface area contributed by atoms with E-state index in [4.69, 9.17) is 16.3 Å². The Morgan fingerprint density at radius 2 is 1.93 bits per heavy atom. The van der Waals surface area contributed by atoms with Gasteiger partial charge in [-0.25, -0.2) is 4.79 Å². The fourth-order valence-electron chi connectivity index (χ4n) is 2.42. The lowest BCUT2D eigenvalue weighted by Crippen LogP contribution is -2.29. The first kappa shape index (κ1) is 20.7. The van der Waals surface area contributed by atoms with E-state index < -0.39 is 24.1 Å². The van der Waals surface area contributed by atoms with Crippen molar-refractivity contribution < 1.29 is 29.6 Å². The van der Waals surface area contributed by atoms with Gasteiger partial charge in [0, 0.05) is 17.1 Å². The minimum absolute atomic E-state index is 0.00994. The van der Waals surface area contributed by atoms with Crippen LogP contribution in [0.15, 0.2) is 42.5 Å². The summed E-state index contributed by atoms with van der Waals surface area (Å²) in [5.41, 5.74) is 0.681. The van der Waals surface area contributed by atoms with Crippen LogP contribution in [0.2, 0.25) is 5.02 Å². The highest BCUT2D eigenvalue weighted by molar-refractivity contribution is 6.31. The third-order valence-corrected chi connectivity index (χ3v) is 4.08. The number of phenolic OH excluding ortho intramolecular Hbond substituents is 1. The van der Waals surface area contributed by atoms with Gasteiger partial charge in [0.25, 0.3) is 0 Å². The van der Waals surface area contributed by atoms with Crippen LogP contribution < -0.4 is 5.32 Å². The van der Waals surface area contributed by atoms with Crippen LogP contribution in [0.1, 0.15) is 34.0 Å². The van der Waals surface area contributed by atoms with Gasteiger partial charge in [0.2, 0.25) is 0 Å². The molecule has 2 aromatic rings. The van der Waals surface area contributed by atoms with Crippen molar-refractivity contribution in [3.8, 4) is 5.75 Å². The third kappa shape index (κ3) is 5.96. The molecule has 0 spiro atoms. The number of alkyl carbamates (subject to hydrolysis) is 1. The highest BCUT2D eigenvalue weighted by Crippen LogP contribution is 2.32. The Balaban J connectivity index is 1.83. The first-order valence-corrected chi connectivity index (χ1v) is 8.58. The number of carbonyl (C=O) groups is 2. The summed E-state index contributed by atoms with van der Waals surface area (Å²) >= 11 is 5.84. The topological polar surface area (TPSA) is 116 Å². The number of benzene rings is 2. The maximum absolute atomic E-state index is 11.6. The number of ether oxygens (including phenoxy) is 1. The number of aldehydes is 1. The second-order valence-corrected chi connectivity index (χ2v) is 6.28. The molecule has 0 aromatic heterocycles. The normalized spacial score (nSPS) is 12.9. The van der Waals surface area contributed by atoms with E-state index in [1.807, 2.05) is 30.3 Å². The molecule has 2 rings (SSSR count). The third-order valence-electron chi connectivity index (χ3n) is 3.87. The van der Waals surface area contributed by atoms with Crippen LogP contribution in [0.4, 0.5) is 4.79 Å². The molecule has 0 saturated heterocycles. The number of halogens is 1. The molecule has 0 radical (unpaired) electrons. The predicted octanol–water partition coefficient (Wildman–Crippen LogP) is 2.57. The van der Waals surface area contributed by atoms with Gasteiger partial charge in [-0.3, -0.25) is 4.79 Å². The number of phenols is 1. The summed E-state index contributed by atoms with van der Waals surface area (Å²) in [6.45, 7) is 0.149. The molecule has 2 unspecified atom stereocenters.